The van der Waals surface area contributed by atoms with Gasteiger partial charge in [-0.2, -0.15) is 0 Å². The second kappa shape index (κ2) is 9.21. The maximum absolute atomic E-state index is 9.60. The van der Waals surface area contributed by atoms with E-state index >= 15 is 0 Å². The average molecular weight is 229 g/mol. The van der Waals surface area contributed by atoms with Crippen molar-refractivity contribution in [3.8, 4) is 0 Å². The predicted octanol–water partition coefficient (Wildman–Crippen LogP) is 2.48. The quantitative estimate of drug-likeness (QED) is 0.636. The molecule has 0 saturated heterocycles. The maximum Gasteiger partial charge on any atom is 0.303 e. The lowest BCUT2D eigenvalue weighted by Gasteiger charge is -1.88. The third-order valence-electron chi connectivity index (χ3n) is 1.47. The molecule has 0 aliphatic heterocycles. The van der Waals surface area contributed by atoms with Crippen LogP contribution in [0.25, 0.3) is 0 Å². The first-order valence-corrected chi connectivity index (χ1v) is 4.99. The van der Waals surface area contributed by atoms with Crippen LogP contribution in [0.3, 0.4) is 0 Å². The van der Waals surface area contributed by atoms with Crippen molar-refractivity contribution in [3.05, 3.63) is 35.9 Å². The van der Waals surface area contributed by atoms with Gasteiger partial charge in [0.1, 0.15) is 6.29 Å². The summed E-state index contributed by atoms with van der Waals surface area (Å²) in [7, 11) is 0. The molecule has 82 valence electrons. The van der Waals surface area contributed by atoms with Gasteiger partial charge in [-0.25, -0.2) is 0 Å². The zero-order valence-corrected chi connectivity index (χ0v) is 8.98. The second-order valence-electron chi connectivity index (χ2n) is 2.72. The van der Waals surface area contributed by atoms with Crippen LogP contribution in [0.4, 0.5) is 0 Å². The Morgan fingerprint density at radius 1 is 1.33 bits per heavy atom. The van der Waals surface area contributed by atoms with Crippen molar-refractivity contribution in [1.82, 2.24) is 0 Å². The van der Waals surface area contributed by atoms with Crippen molar-refractivity contribution in [1.29, 1.82) is 0 Å². The molecule has 0 saturated carbocycles. The van der Waals surface area contributed by atoms with Crippen LogP contribution in [-0.2, 0) is 15.5 Å². The van der Waals surface area contributed by atoms with E-state index < -0.39 is 5.97 Å². The highest BCUT2D eigenvalue weighted by Crippen LogP contribution is 2.00. The standard InChI is InChI=1S/C7H7Cl.C4H6O3/c8-6-7-4-2-1-3-5-7;5-3-1-2-4(6)7/h1-5H,6H2;3H,1-2H2,(H,6,7). The van der Waals surface area contributed by atoms with E-state index in [-0.39, 0.29) is 12.8 Å². The molecule has 0 atom stereocenters. The lowest BCUT2D eigenvalue weighted by Crippen LogP contribution is -1.93. The molecule has 1 rings (SSSR count). The van der Waals surface area contributed by atoms with Gasteiger partial charge in [0.05, 0.1) is 6.42 Å². The number of carbonyl (C=O) groups is 2. The summed E-state index contributed by atoms with van der Waals surface area (Å²) in [6, 6.07) is 9.96. The van der Waals surface area contributed by atoms with Crippen LogP contribution in [0, 0.1) is 0 Å². The zero-order valence-electron chi connectivity index (χ0n) is 8.23. The van der Waals surface area contributed by atoms with Gasteiger partial charge in [0, 0.05) is 12.3 Å². The van der Waals surface area contributed by atoms with E-state index in [9.17, 15) is 9.59 Å². The second-order valence-corrected chi connectivity index (χ2v) is 2.99. The maximum atomic E-state index is 9.60. The van der Waals surface area contributed by atoms with Crippen molar-refractivity contribution >= 4 is 23.9 Å². The normalized spacial score (nSPS) is 8.60. The Balaban J connectivity index is 0.000000265. The molecular formula is C11H13ClO3. The first-order chi connectivity index (χ1) is 7.20. The van der Waals surface area contributed by atoms with E-state index in [1.54, 1.807) is 0 Å². The molecule has 0 fully saturated rings. The van der Waals surface area contributed by atoms with Crippen LogP contribution in [0.1, 0.15) is 18.4 Å². The smallest absolute Gasteiger partial charge is 0.303 e. The number of carboxylic acid groups (broad SMARTS) is 1. The molecule has 0 aromatic heterocycles. The fraction of sp³-hybridized carbons (Fsp3) is 0.273. The van der Waals surface area contributed by atoms with Crippen molar-refractivity contribution in [2.75, 3.05) is 0 Å². The molecule has 0 spiro atoms. The van der Waals surface area contributed by atoms with Gasteiger partial charge in [-0.3, -0.25) is 4.79 Å². The molecule has 1 aromatic rings. The van der Waals surface area contributed by atoms with E-state index in [0.717, 1.165) is 0 Å². The Morgan fingerprint density at radius 3 is 2.20 bits per heavy atom. The molecule has 15 heavy (non-hydrogen) atoms. The Hall–Kier alpha value is -1.35. The van der Waals surface area contributed by atoms with Gasteiger partial charge in [0.15, 0.2) is 0 Å². The van der Waals surface area contributed by atoms with Crippen molar-refractivity contribution in [3.63, 3.8) is 0 Å². The summed E-state index contributed by atoms with van der Waals surface area (Å²) in [5.74, 6) is -0.312. The molecule has 4 heteroatoms. The van der Waals surface area contributed by atoms with Gasteiger partial charge in [0.25, 0.3) is 0 Å². The minimum atomic E-state index is -0.924. The van der Waals surface area contributed by atoms with E-state index in [1.165, 1.54) is 5.56 Å². The number of hydrogen-bond acceptors (Lipinski definition) is 2. The minimum Gasteiger partial charge on any atom is -0.481 e. The molecule has 0 aliphatic carbocycles. The number of carboxylic acids is 1. The summed E-state index contributed by atoms with van der Waals surface area (Å²) >= 11 is 5.53. The molecule has 3 nitrogen and oxygen atoms in total. The molecule has 0 radical (unpaired) electrons. The highest BCUT2D eigenvalue weighted by atomic mass is 35.5. The third-order valence-corrected chi connectivity index (χ3v) is 1.78. The van der Waals surface area contributed by atoms with Crippen molar-refractivity contribution < 1.29 is 14.7 Å². The highest BCUT2D eigenvalue weighted by Gasteiger charge is 1.91. The van der Waals surface area contributed by atoms with Crippen molar-refractivity contribution in [2.24, 2.45) is 0 Å². The summed E-state index contributed by atoms with van der Waals surface area (Å²) < 4.78 is 0. The van der Waals surface area contributed by atoms with Gasteiger partial charge in [-0.15, -0.1) is 11.6 Å². The van der Waals surface area contributed by atoms with Crippen LogP contribution in [0.2, 0.25) is 0 Å². The summed E-state index contributed by atoms with van der Waals surface area (Å²) in [5, 5.41) is 7.89. The first kappa shape index (κ1) is 13.7. The SMILES string of the molecule is ClCc1ccccc1.O=CCCC(=O)O. The largest absolute Gasteiger partial charge is 0.481 e. The van der Waals surface area contributed by atoms with E-state index in [0.29, 0.717) is 12.2 Å². The Bertz CT molecular complexity index is 285. The van der Waals surface area contributed by atoms with Crippen LogP contribution in [0.15, 0.2) is 30.3 Å². The topological polar surface area (TPSA) is 54.4 Å². The lowest BCUT2D eigenvalue weighted by molar-refractivity contribution is -0.137. The Morgan fingerprint density at radius 2 is 1.93 bits per heavy atom. The average Bonchev–Trinajstić information content (AvgIpc) is 2.28. The summed E-state index contributed by atoms with van der Waals surface area (Å²) in [5.41, 5.74) is 1.18. The van der Waals surface area contributed by atoms with Crippen molar-refractivity contribution in [2.45, 2.75) is 18.7 Å². The van der Waals surface area contributed by atoms with Gasteiger partial charge < -0.3 is 9.90 Å². The number of aliphatic carboxylic acids is 1. The van der Waals surface area contributed by atoms with Crippen LogP contribution >= 0.6 is 11.6 Å². The number of alkyl halides is 1. The Labute approximate surface area is 93.7 Å². The number of halogens is 1. The fourth-order valence-electron chi connectivity index (χ4n) is 0.749. The number of carbonyl (C=O) groups excluding carboxylic acids is 1. The summed E-state index contributed by atoms with van der Waals surface area (Å²) in [6.45, 7) is 0. The third kappa shape index (κ3) is 8.97. The minimum absolute atomic E-state index is 0.0521. The number of rotatable bonds is 4. The van der Waals surface area contributed by atoms with Gasteiger partial charge in [0.2, 0.25) is 0 Å². The Kier molecular flexibility index (Phi) is 8.39. The van der Waals surface area contributed by atoms with Gasteiger partial charge in [-0.05, 0) is 5.56 Å². The van der Waals surface area contributed by atoms with Crippen LogP contribution in [0.5, 0.6) is 0 Å². The zero-order chi connectivity index (χ0) is 11.5. The van der Waals surface area contributed by atoms with E-state index in [4.69, 9.17) is 16.7 Å². The molecule has 0 amide bonds. The van der Waals surface area contributed by atoms with Gasteiger partial charge >= 0.3 is 5.97 Å². The monoisotopic (exact) mass is 228 g/mol. The summed E-state index contributed by atoms with van der Waals surface area (Å²) in [4.78, 5) is 19.0. The molecule has 0 aliphatic rings. The molecule has 0 bridgehead atoms. The lowest BCUT2D eigenvalue weighted by atomic mass is 10.2. The molecule has 1 N–H and O–H groups in total. The molecular weight excluding hydrogens is 216 g/mol. The van der Waals surface area contributed by atoms with Crippen LogP contribution < -0.4 is 0 Å². The first-order valence-electron chi connectivity index (χ1n) is 4.46. The number of aldehydes is 1. The highest BCUT2D eigenvalue weighted by molar-refractivity contribution is 6.17. The van der Waals surface area contributed by atoms with Crippen LogP contribution in [-0.4, -0.2) is 17.4 Å². The molecule has 1 aromatic carbocycles. The molecule has 0 heterocycles. The summed E-state index contributed by atoms with van der Waals surface area (Å²) in [6.07, 6.45) is 0.660. The number of hydrogen-bond donors (Lipinski definition) is 1. The number of benzene rings is 1. The van der Waals surface area contributed by atoms with E-state index in [1.807, 2.05) is 30.3 Å². The van der Waals surface area contributed by atoms with Gasteiger partial charge in [-0.1, -0.05) is 30.3 Å². The van der Waals surface area contributed by atoms with E-state index in [2.05, 4.69) is 0 Å². The fourth-order valence-corrected chi connectivity index (χ4v) is 0.928. The molecule has 0 unspecified atom stereocenters. The predicted molar refractivity (Wildman–Crippen MR) is 58.9 cm³/mol.